The molecule has 0 unspecified atom stereocenters. The van der Waals surface area contributed by atoms with E-state index in [9.17, 15) is 10.2 Å². The molecule has 0 atom stereocenters. The minimum Gasteiger partial charge on any atom is -0.507 e. The summed E-state index contributed by atoms with van der Waals surface area (Å²) in [6, 6.07) is 5.42. The van der Waals surface area contributed by atoms with E-state index in [2.05, 4.69) is 32.9 Å². The third-order valence-electron chi connectivity index (χ3n) is 3.98. The predicted molar refractivity (Wildman–Crippen MR) is 109 cm³/mol. The topological polar surface area (TPSA) is 40.5 Å². The Morgan fingerprint density at radius 3 is 2.28 bits per heavy atom. The molecule has 0 fully saturated rings. The molecule has 0 bridgehead atoms. The highest BCUT2D eigenvalue weighted by molar-refractivity contribution is 7.08. The second-order valence-corrected chi connectivity index (χ2v) is 7.28. The van der Waals surface area contributed by atoms with Crippen LogP contribution in [0.3, 0.4) is 0 Å². The summed E-state index contributed by atoms with van der Waals surface area (Å²) in [4.78, 5) is 0. The molecule has 0 saturated carbocycles. The number of rotatable bonds is 7. The normalized spacial score (nSPS) is 11.9. The van der Waals surface area contributed by atoms with Gasteiger partial charge in [-0.15, -0.1) is 0 Å². The van der Waals surface area contributed by atoms with Crippen LogP contribution in [0, 0.1) is 0 Å². The molecule has 2 aromatic rings. The van der Waals surface area contributed by atoms with Gasteiger partial charge in [0.2, 0.25) is 0 Å². The fraction of sp³-hybridized carbons (Fsp3) is 0.273. The summed E-state index contributed by atoms with van der Waals surface area (Å²) in [5.41, 5.74) is 5.07. The first-order chi connectivity index (χ1) is 12.0. The summed E-state index contributed by atoms with van der Waals surface area (Å²) in [6.07, 6.45) is 10.7. The van der Waals surface area contributed by atoms with Crippen molar-refractivity contribution in [2.45, 2.75) is 40.0 Å². The van der Waals surface area contributed by atoms with Gasteiger partial charge in [-0.2, -0.15) is 11.3 Å². The van der Waals surface area contributed by atoms with Crippen molar-refractivity contribution in [1.82, 2.24) is 0 Å². The molecule has 0 radical (unpaired) electrons. The summed E-state index contributed by atoms with van der Waals surface area (Å²) in [5.74, 6) is 0.275. The molecule has 0 spiro atoms. The van der Waals surface area contributed by atoms with Gasteiger partial charge in [-0.25, -0.2) is 0 Å². The van der Waals surface area contributed by atoms with E-state index in [-0.39, 0.29) is 11.5 Å². The summed E-state index contributed by atoms with van der Waals surface area (Å²) in [7, 11) is 0. The second kappa shape index (κ2) is 9.28. The van der Waals surface area contributed by atoms with Crippen LogP contribution in [0.2, 0.25) is 0 Å². The van der Waals surface area contributed by atoms with E-state index < -0.39 is 0 Å². The lowest BCUT2D eigenvalue weighted by Crippen LogP contribution is -1.88. The van der Waals surface area contributed by atoms with Gasteiger partial charge in [-0.1, -0.05) is 35.5 Å². The Labute approximate surface area is 154 Å². The maximum Gasteiger partial charge on any atom is 0.123 e. The van der Waals surface area contributed by atoms with Gasteiger partial charge in [0.05, 0.1) is 0 Å². The molecule has 0 saturated heterocycles. The fourth-order valence-electron chi connectivity index (χ4n) is 2.50. The van der Waals surface area contributed by atoms with Crippen LogP contribution in [-0.4, -0.2) is 10.2 Å². The van der Waals surface area contributed by atoms with Gasteiger partial charge < -0.3 is 10.2 Å². The molecule has 1 aromatic heterocycles. The first-order valence-electron chi connectivity index (χ1n) is 8.50. The Kier molecular flexibility index (Phi) is 7.08. The number of thiophene rings is 1. The van der Waals surface area contributed by atoms with Gasteiger partial charge in [0, 0.05) is 5.56 Å². The average Bonchev–Trinajstić information content (AvgIpc) is 3.05. The maximum atomic E-state index is 10.3. The zero-order chi connectivity index (χ0) is 18.2. The van der Waals surface area contributed by atoms with E-state index in [1.807, 2.05) is 29.0 Å². The third kappa shape index (κ3) is 6.28. The molecule has 0 aliphatic carbocycles. The molecule has 2 nitrogen and oxygen atoms in total. The second-order valence-electron chi connectivity index (χ2n) is 6.50. The summed E-state index contributed by atoms with van der Waals surface area (Å²) in [5, 5.41) is 24.6. The molecule has 3 heteroatoms. The van der Waals surface area contributed by atoms with E-state index in [1.165, 1.54) is 11.1 Å². The van der Waals surface area contributed by atoms with E-state index in [4.69, 9.17) is 0 Å². The van der Waals surface area contributed by atoms with Crippen molar-refractivity contribution in [1.29, 1.82) is 0 Å². The number of allylic oxidation sites excluding steroid dienone is 4. The Hall–Kier alpha value is -2.26. The highest BCUT2D eigenvalue weighted by Gasteiger charge is 2.08. The van der Waals surface area contributed by atoms with Crippen molar-refractivity contribution in [3.8, 4) is 11.5 Å². The fourth-order valence-corrected chi connectivity index (χ4v) is 3.13. The molecular weight excluding hydrogens is 328 g/mol. The van der Waals surface area contributed by atoms with Crippen LogP contribution in [0.4, 0.5) is 0 Å². The lowest BCUT2D eigenvalue weighted by atomic mass is 10.0. The number of benzene rings is 1. The molecule has 2 N–H and O–H groups in total. The summed E-state index contributed by atoms with van der Waals surface area (Å²) < 4.78 is 0. The number of hydrogen-bond acceptors (Lipinski definition) is 3. The smallest absolute Gasteiger partial charge is 0.123 e. The lowest BCUT2D eigenvalue weighted by molar-refractivity contribution is 0.440. The van der Waals surface area contributed by atoms with Crippen LogP contribution in [-0.2, 0) is 6.42 Å². The van der Waals surface area contributed by atoms with Gasteiger partial charge in [0.25, 0.3) is 0 Å². The highest BCUT2D eigenvalue weighted by Crippen LogP contribution is 2.31. The van der Waals surface area contributed by atoms with Gasteiger partial charge in [0.15, 0.2) is 0 Å². The molecule has 132 valence electrons. The van der Waals surface area contributed by atoms with Crippen molar-refractivity contribution >= 4 is 23.5 Å². The van der Waals surface area contributed by atoms with Crippen molar-refractivity contribution < 1.29 is 10.2 Å². The Morgan fingerprint density at radius 1 is 1.00 bits per heavy atom. The van der Waals surface area contributed by atoms with Crippen molar-refractivity contribution in [3.05, 3.63) is 68.9 Å². The Balaban J connectivity index is 2.05. The molecule has 1 aromatic carbocycles. The standard InChI is InChI=1S/C22H26O2S/c1-16(2)5-4-6-17(3)7-10-20-21(23)13-19(14-22(20)24)9-8-18-11-12-25-15-18/h5,7-9,11-15,23-24H,4,6,10H2,1-3H3/b9-8+,17-7+. The van der Waals surface area contributed by atoms with E-state index >= 15 is 0 Å². The molecule has 0 aliphatic rings. The van der Waals surface area contributed by atoms with Crippen molar-refractivity contribution in [2.75, 3.05) is 0 Å². The van der Waals surface area contributed by atoms with Crippen LogP contribution >= 0.6 is 11.3 Å². The number of phenols is 2. The van der Waals surface area contributed by atoms with Crippen LogP contribution in [0.15, 0.2) is 52.3 Å². The molecule has 25 heavy (non-hydrogen) atoms. The number of aromatic hydroxyl groups is 2. The molecular formula is C22H26O2S. The zero-order valence-electron chi connectivity index (χ0n) is 15.1. The van der Waals surface area contributed by atoms with Crippen LogP contribution < -0.4 is 0 Å². The molecule has 0 amide bonds. The van der Waals surface area contributed by atoms with E-state index in [0.717, 1.165) is 24.0 Å². The van der Waals surface area contributed by atoms with Gasteiger partial charge >= 0.3 is 0 Å². The Morgan fingerprint density at radius 2 is 1.68 bits per heavy atom. The first kappa shape index (κ1) is 19.1. The molecule has 2 rings (SSSR count). The molecule has 1 heterocycles. The lowest BCUT2D eigenvalue weighted by Gasteiger charge is -2.08. The zero-order valence-corrected chi connectivity index (χ0v) is 15.9. The van der Waals surface area contributed by atoms with Gasteiger partial charge in [0.1, 0.15) is 11.5 Å². The minimum atomic E-state index is 0.137. The van der Waals surface area contributed by atoms with Crippen LogP contribution in [0.25, 0.3) is 12.2 Å². The van der Waals surface area contributed by atoms with Crippen molar-refractivity contribution in [2.24, 2.45) is 0 Å². The SMILES string of the molecule is CC(C)=CCC/C(C)=C/Cc1c(O)cc(/C=C/c2ccsc2)cc1O. The average molecular weight is 355 g/mol. The van der Waals surface area contributed by atoms with Crippen molar-refractivity contribution in [3.63, 3.8) is 0 Å². The van der Waals surface area contributed by atoms with E-state index in [1.54, 1.807) is 23.5 Å². The first-order valence-corrected chi connectivity index (χ1v) is 9.44. The maximum absolute atomic E-state index is 10.3. The molecule has 0 aliphatic heterocycles. The largest absolute Gasteiger partial charge is 0.507 e. The van der Waals surface area contributed by atoms with Gasteiger partial charge in [-0.3, -0.25) is 0 Å². The Bertz CT molecular complexity index is 753. The quantitative estimate of drug-likeness (QED) is 0.552. The van der Waals surface area contributed by atoms with Crippen LogP contribution in [0.1, 0.15) is 50.3 Å². The number of phenolic OH excluding ortho intramolecular Hbond substituents is 2. The predicted octanol–water partition coefficient (Wildman–Crippen LogP) is 6.56. The van der Waals surface area contributed by atoms with E-state index in [0.29, 0.717) is 12.0 Å². The third-order valence-corrected chi connectivity index (χ3v) is 4.68. The highest BCUT2D eigenvalue weighted by atomic mass is 32.1. The summed E-state index contributed by atoms with van der Waals surface area (Å²) >= 11 is 1.64. The van der Waals surface area contributed by atoms with Gasteiger partial charge in [-0.05, 0) is 80.1 Å². The minimum absolute atomic E-state index is 0.137. The summed E-state index contributed by atoms with van der Waals surface area (Å²) in [6.45, 7) is 6.29. The van der Waals surface area contributed by atoms with Crippen LogP contribution in [0.5, 0.6) is 11.5 Å². The number of hydrogen-bond donors (Lipinski definition) is 2. The monoisotopic (exact) mass is 354 g/mol.